The van der Waals surface area contributed by atoms with Crippen LogP contribution in [0.2, 0.25) is 0 Å². The zero-order valence-electron chi connectivity index (χ0n) is 24.8. The smallest absolute Gasteiger partial charge is 0.318 e. The summed E-state index contributed by atoms with van der Waals surface area (Å²) in [5, 5.41) is 3.11. The molecule has 0 unspecified atom stereocenters. The van der Waals surface area contributed by atoms with Crippen LogP contribution in [-0.4, -0.2) is 61.9 Å². The number of rotatable bonds is 9. The van der Waals surface area contributed by atoms with Crippen LogP contribution in [0.5, 0.6) is 0 Å². The van der Waals surface area contributed by atoms with Gasteiger partial charge in [0, 0.05) is 31.7 Å². The summed E-state index contributed by atoms with van der Waals surface area (Å²) >= 11 is 0. The van der Waals surface area contributed by atoms with E-state index in [0.717, 1.165) is 35.4 Å². The Morgan fingerprint density at radius 2 is 1.85 bits per heavy atom. The third-order valence-electron chi connectivity index (χ3n) is 9.27. The Morgan fingerprint density at radius 1 is 1.20 bits per heavy atom. The quantitative estimate of drug-likeness (QED) is 0.457. The molecule has 2 aliphatic heterocycles. The number of nitrogens with two attached hydrogens (primary N) is 1. The maximum atomic E-state index is 13.3. The van der Waals surface area contributed by atoms with Gasteiger partial charge < -0.3 is 11.1 Å². The molecule has 1 aliphatic carbocycles. The largest absolute Gasteiger partial charge is 0.351 e. The van der Waals surface area contributed by atoms with Crippen molar-refractivity contribution in [3.63, 3.8) is 0 Å². The normalized spacial score (nSPS) is 23.4. The number of aliphatic imine (C=N–C) groups is 1. The zero-order chi connectivity index (χ0) is 29.2. The molecule has 40 heavy (non-hydrogen) atoms. The lowest BCUT2D eigenvalue weighted by molar-refractivity contribution is -0.125. The summed E-state index contributed by atoms with van der Waals surface area (Å²) in [6, 6.07) is 3.17. The van der Waals surface area contributed by atoms with Gasteiger partial charge in [-0.25, -0.2) is 17.5 Å². The first-order valence-corrected chi connectivity index (χ1v) is 16.4. The zero-order valence-corrected chi connectivity index (χ0v) is 25.6. The highest BCUT2D eigenvalue weighted by molar-refractivity contribution is 7.89. The van der Waals surface area contributed by atoms with Crippen LogP contribution in [0.4, 0.5) is 10.5 Å². The molecule has 2 atom stereocenters. The molecule has 3 N–H and O–H groups in total. The fourth-order valence-electron chi connectivity index (χ4n) is 6.62. The van der Waals surface area contributed by atoms with Gasteiger partial charge in [0.05, 0.1) is 5.75 Å². The molecule has 3 aliphatic rings. The Bertz CT molecular complexity index is 1230. The molecule has 9 nitrogen and oxygen atoms in total. The first-order valence-electron chi connectivity index (χ1n) is 14.8. The van der Waals surface area contributed by atoms with Crippen molar-refractivity contribution >= 4 is 33.5 Å². The van der Waals surface area contributed by atoms with Gasteiger partial charge >= 0.3 is 6.03 Å². The number of aryl methyl sites for hydroxylation is 2. The van der Waals surface area contributed by atoms with Crippen molar-refractivity contribution in [3.8, 4) is 0 Å². The lowest BCUT2D eigenvalue weighted by Gasteiger charge is -2.35. The van der Waals surface area contributed by atoms with Crippen LogP contribution < -0.4 is 16.0 Å². The molecule has 2 heterocycles. The highest BCUT2D eigenvalue weighted by Gasteiger charge is 2.48. The molecule has 1 spiro atoms. The fourth-order valence-corrected chi connectivity index (χ4v) is 8.08. The monoisotopic (exact) mass is 573 g/mol. The molecular weight excluding hydrogens is 526 g/mol. The Balaban J connectivity index is 1.36. The number of nitrogens with one attached hydrogen (secondary N) is 1. The van der Waals surface area contributed by atoms with E-state index in [1.54, 1.807) is 7.05 Å². The molecule has 2 fully saturated rings. The third kappa shape index (κ3) is 6.70. The van der Waals surface area contributed by atoms with Crippen molar-refractivity contribution < 1.29 is 18.0 Å². The van der Waals surface area contributed by atoms with E-state index in [4.69, 9.17) is 10.7 Å². The highest BCUT2D eigenvalue weighted by Crippen LogP contribution is 2.38. The molecule has 0 aromatic heterocycles. The number of carbonyl (C=O) groups is 2. The van der Waals surface area contributed by atoms with Crippen molar-refractivity contribution in [2.75, 3.05) is 30.8 Å². The third-order valence-corrected chi connectivity index (χ3v) is 11.1. The molecule has 4 rings (SSSR count). The van der Waals surface area contributed by atoms with Gasteiger partial charge in [-0.3, -0.25) is 14.7 Å². The summed E-state index contributed by atoms with van der Waals surface area (Å²) in [7, 11) is -1.89. The molecular formula is C30H47N5O4S. The summed E-state index contributed by atoms with van der Waals surface area (Å²) < 4.78 is 28.1. The van der Waals surface area contributed by atoms with E-state index >= 15 is 0 Å². The van der Waals surface area contributed by atoms with E-state index in [2.05, 4.69) is 19.2 Å². The standard InChI is InChI=1S/C30H47N5O4S/c1-20(2)9-10-23-7-6-8-24(19-23)27-32-28(36)30(33-27)12-14-35(15-13-30)40(38,39)16-11-26-21(3)17-25(18-22(26)4)34(5)29(31)37/h17-18,20,23-24H,6-16,19H2,1-5H3,(H2,31,37)(H,32,33,36)/t23-,24-/m0/s1. The van der Waals surface area contributed by atoms with Crippen LogP contribution >= 0.6 is 0 Å². The average Bonchev–Trinajstić information content (AvgIpc) is 3.21. The minimum absolute atomic E-state index is 0.00671. The summed E-state index contributed by atoms with van der Waals surface area (Å²) in [5.41, 5.74) is 8.06. The molecule has 0 bridgehead atoms. The first-order chi connectivity index (χ1) is 18.8. The van der Waals surface area contributed by atoms with Gasteiger partial charge in [0.1, 0.15) is 11.4 Å². The van der Waals surface area contributed by atoms with Gasteiger partial charge in [-0.1, -0.05) is 39.5 Å². The molecule has 222 valence electrons. The van der Waals surface area contributed by atoms with Crippen LogP contribution in [0.3, 0.4) is 0 Å². The SMILES string of the molecule is Cc1cc(N(C)C(N)=O)cc(C)c1CCS(=O)(=O)N1CCC2(CC1)N=C([C@H]1CCC[C@@H](CCC(C)C)C1)NC2=O. The van der Waals surface area contributed by atoms with Crippen LogP contribution in [0.25, 0.3) is 0 Å². The maximum Gasteiger partial charge on any atom is 0.318 e. The molecule has 3 amide bonds. The Kier molecular flexibility index (Phi) is 9.29. The number of benzene rings is 1. The van der Waals surface area contributed by atoms with Crippen LogP contribution in [0, 0.1) is 31.6 Å². The van der Waals surface area contributed by atoms with Crippen LogP contribution in [0.1, 0.15) is 81.9 Å². The van der Waals surface area contributed by atoms with Crippen molar-refractivity contribution in [2.24, 2.45) is 28.5 Å². The lowest BCUT2D eigenvalue weighted by Crippen LogP contribution is -2.51. The number of hydrogen-bond donors (Lipinski definition) is 2. The first kappa shape index (κ1) is 30.5. The number of amides is 3. The number of nitrogens with zero attached hydrogens (tertiary/aromatic N) is 3. The second kappa shape index (κ2) is 12.2. The number of primary amides is 1. The van der Waals surface area contributed by atoms with E-state index < -0.39 is 21.6 Å². The molecule has 1 saturated heterocycles. The van der Waals surface area contributed by atoms with Gasteiger partial charge in [0.25, 0.3) is 5.91 Å². The van der Waals surface area contributed by atoms with Crippen molar-refractivity contribution in [3.05, 3.63) is 28.8 Å². The number of carbonyl (C=O) groups excluding carboxylic acids is 2. The number of piperidine rings is 1. The van der Waals surface area contributed by atoms with Gasteiger partial charge in [-0.05, 0) is 86.6 Å². The number of sulfonamides is 1. The van der Waals surface area contributed by atoms with Crippen molar-refractivity contribution in [1.82, 2.24) is 9.62 Å². The molecule has 10 heteroatoms. The summed E-state index contributed by atoms with van der Waals surface area (Å²) in [4.78, 5) is 31.0. The number of anilines is 1. The van der Waals surface area contributed by atoms with Crippen LogP contribution in [-0.2, 0) is 21.2 Å². The topological polar surface area (TPSA) is 125 Å². The summed E-state index contributed by atoms with van der Waals surface area (Å²) in [6.07, 6.45) is 8.26. The molecule has 1 aromatic rings. The number of amidine groups is 1. The lowest BCUT2D eigenvalue weighted by atomic mass is 9.78. The second-order valence-corrected chi connectivity index (χ2v) is 14.7. The summed E-state index contributed by atoms with van der Waals surface area (Å²) in [5.74, 6) is 2.47. The maximum absolute atomic E-state index is 13.3. The predicted molar refractivity (Wildman–Crippen MR) is 160 cm³/mol. The molecule has 1 saturated carbocycles. The van der Waals surface area contributed by atoms with E-state index in [0.29, 0.717) is 55.8 Å². The van der Waals surface area contributed by atoms with Crippen molar-refractivity contribution in [2.45, 2.75) is 91.0 Å². The minimum Gasteiger partial charge on any atom is -0.351 e. The second-order valence-electron chi connectivity index (χ2n) is 12.6. The molecule has 1 aromatic carbocycles. The van der Waals surface area contributed by atoms with Gasteiger partial charge in [0.2, 0.25) is 10.0 Å². The molecule has 0 radical (unpaired) electrons. The average molecular weight is 574 g/mol. The summed E-state index contributed by atoms with van der Waals surface area (Å²) in [6.45, 7) is 8.98. The van der Waals surface area contributed by atoms with Crippen LogP contribution in [0.15, 0.2) is 17.1 Å². The van der Waals surface area contributed by atoms with Crippen molar-refractivity contribution in [1.29, 1.82) is 0 Å². The predicted octanol–water partition coefficient (Wildman–Crippen LogP) is 4.30. The van der Waals surface area contributed by atoms with E-state index in [-0.39, 0.29) is 11.7 Å². The number of urea groups is 1. The minimum atomic E-state index is -3.50. The Labute approximate surface area is 240 Å². The fraction of sp³-hybridized carbons (Fsp3) is 0.700. The number of hydrogen-bond acceptors (Lipinski definition) is 5. The van der Waals surface area contributed by atoms with E-state index in [1.165, 1.54) is 34.9 Å². The van der Waals surface area contributed by atoms with Gasteiger partial charge in [-0.15, -0.1) is 0 Å². The van der Waals surface area contributed by atoms with Gasteiger partial charge in [-0.2, -0.15) is 0 Å². The Morgan fingerprint density at radius 3 is 2.45 bits per heavy atom. The Hall–Kier alpha value is -2.46. The van der Waals surface area contributed by atoms with E-state index in [1.807, 2.05) is 26.0 Å². The highest BCUT2D eigenvalue weighted by atomic mass is 32.2. The van der Waals surface area contributed by atoms with E-state index in [9.17, 15) is 18.0 Å². The van der Waals surface area contributed by atoms with Gasteiger partial charge in [0.15, 0.2) is 0 Å².